The predicted molar refractivity (Wildman–Crippen MR) is 359 cm³/mol. The van der Waals surface area contributed by atoms with E-state index < -0.39 is 371 Å². The number of carbonyl (C=O) groups excluding carboxylic acids is 4. The number of nitrogens with one attached hydrogen (secondary N) is 4. The maximum Gasteiger partial charge on any atom is 0.364 e. The summed E-state index contributed by atoms with van der Waals surface area (Å²) in [6.07, 6.45) is -88.0. The minimum atomic E-state index is -3.30. The van der Waals surface area contributed by atoms with Crippen LogP contribution in [0.5, 0.6) is 0 Å². The maximum absolute atomic E-state index is 13.2. The van der Waals surface area contributed by atoms with Crippen LogP contribution in [0.25, 0.3) is 0 Å². The molecule has 117 heavy (non-hydrogen) atoms. The minimum absolute atomic E-state index is 0.829. The zero-order valence-electron chi connectivity index (χ0n) is 63.0. The second-order valence-corrected chi connectivity index (χ2v) is 29.6. The van der Waals surface area contributed by atoms with Crippen molar-refractivity contribution < 1.29 is 237 Å². The molecule has 9 saturated heterocycles. The molecule has 0 radical (unpaired) electrons. The summed E-state index contributed by atoms with van der Waals surface area (Å²) in [4.78, 5) is 64.1. The molecule has 0 unspecified atom stereocenters. The first kappa shape index (κ1) is 96.5. The van der Waals surface area contributed by atoms with Gasteiger partial charge in [-0.15, -0.1) is 0 Å². The smallest absolute Gasteiger partial charge is 0.364 e. The summed E-state index contributed by atoms with van der Waals surface area (Å²) in [5.41, 5.74) is 0. The van der Waals surface area contributed by atoms with Gasteiger partial charge in [0.1, 0.15) is 207 Å². The molecule has 9 rings (SSSR count). The third kappa shape index (κ3) is 21.4. The molecule has 52 heteroatoms. The summed E-state index contributed by atoms with van der Waals surface area (Å²) in [7, 11) is 0. The molecule has 9 heterocycles. The normalized spacial score (nSPS) is 47.9. The molecule has 9 aliphatic heterocycles. The number of amides is 4. The Balaban J connectivity index is 1.00. The van der Waals surface area contributed by atoms with Crippen LogP contribution in [0.2, 0.25) is 0 Å². The van der Waals surface area contributed by atoms with E-state index in [0.717, 1.165) is 27.7 Å². The summed E-state index contributed by atoms with van der Waals surface area (Å²) in [5, 5.41) is 298. The molecule has 0 aromatic heterocycles. The fraction of sp³-hybridized carbons (Fsp3) is 0.923. The number of hydrogen-bond acceptors (Lipinski definition) is 47. The second-order valence-electron chi connectivity index (χ2n) is 29.6. The number of carboxylic acid groups (broad SMARTS) is 1. The lowest BCUT2D eigenvalue weighted by molar-refractivity contribution is -0.400. The standard InChI is InChI=1S/C65H108N4O48/c1-15-33(82)42(91)45(94)59(103-15)102-14-28-51(39(88)30(56(98)104-28)67-17(3)77)111-57-31(68-18(4)78)40(89)49(25(11-74)108-57)112-61-47(96)53(38(87)27(110-61)13-101-60-46(95)43(92)35(84)22(8-71)105-60)114-63-55(44(93)36(85)23(9-72)107-63)115-58-32(69-19(5)79)41(90)50(26(12-75)109-58)113-62-48(97)54(37(86)24(10-73)106-62)117-65(64(99)100)6-20(80)29(66-16(2)76)52(116-65)34(83)21(81)7-70/h15,20-63,70-75,80-98H,6-14H2,1-5H3,(H,66,76)(H,67,77)(H,68,78)(H,69,79)(H,99,100)/t15-,20+,21-,22-,23-,24-,25-,26-,27-,28-,29-,30-,31-,32-,33+,34-,35-,36-,37+,38-,39-,40-,41-,42+,43+,44+,45-,46+,47+,48-,49-,50-,51-,52-,53+,54+,55+,56+,57-,58+,59-,60+,61+,62+,63-,65+/m1/s1. The molecule has 9 fully saturated rings. The summed E-state index contributed by atoms with van der Waals surface area (Å²) >= 11 is 0. The summed E-state index contributed by atoms with van der Waals surface area (Å²) in [6.45, 7) is -3.95. The Morgan fingerprint density at radius 3 is 1.24 bits per heavy atom. The second kappa shape index (κ2) is 41.4. The number of aliphatic hydroxyl groups excluding tert-OH is 25. The van der Waals surface area contributed by atoms with Gasteiger partial charge in [-0.05, 0) is 6.92 Å². The van der Waals surface area contributed by atoms with Crippen molar-refractivity contribution in [1.82, 2.24) is 21.3 Å². The van der Waals surface area contributed by atoms with Crippen molar-refractivity contribution in [2.75, 3.05) is 52.9 Å². The highest BCUT2D eigenvalue weighted by molar-refractivity contribution is 5.77. The van der Waals surface area contributed by atoms with Gasteiger partial charge in [0.25, 0.3) is 5.79 Å². The molecule has 9 aliphatic rings. The van der Waals surface area contributed by atoms with Crippen molar-refractivity contribution in [2.24, 2.45) is 0 Å². The number of carbonyl (C=O) groups is 5. The number of carboxylic acids is 1. The number of aliphatic carboxylic acids is 1. The molecule has 30 N–H and O–H groups in total. The highest BCUT2D eigenvalue weighted by Crippen LogP contribution is 2.42. The van der Waals surface area contributed by atoms with Crippen molar-refractivity contribution in [1.29, 1.82) is 0 Å². The van der Waals surface area contributed by atoms with E-state index in [-0.39, 0.29) is 0 Å². The number of ether oxygens (including phenoxy) is 17. The van der Waals surface area contributed by atoms with Crippen LogP contribution in [0, 0.1) is 0 Å². The van der Waals surface area contributed by atoms with Crippen molar-refractivity contribution >= 4 is 29.6 Å². The lowest BCUT2D eigenvalue weighted by Crippen LogP contribution is -2.71. The Morgan fingerprint density at radius 2 is 0.744 bits per heavy atom. The molecule has 0 saturated carbocycles. The van der Waals surface area contributed by atoms with E-state index in [0.29, 0.717) is 0 Å². The van der Waals surface area contributed by atoms with Crippen molar-refractivity contribution in [2.45, 2.75) is 323 Å². The highest BCUT2D eigenvalue weighted by Gasteiger charge is 2.63. The van der Waals surface area contributed by atoms with Gasteiger partial charge in [-0.1, -0.05) is 0 Å². The monoisotopic (exact) mass is 1710 g/mol. The summed E-state index contributed by atoms with van der Waals surface area (Å²) < 4.78 is 99.9. The minimum Gasteiger partial charge on any atom is -0.477 e. The molecule has 52 nitrogen and oxygen atoms in total. The Morgan fingerprint density at radius 1 is 0.368 bits per heavy atom. The topological polar surface area (TPSA) is 816 Å². The molecule has 46 atom stereocenters. The molecule has 4 amide bonds. The largest absolute Gasteiger partial charge is 0.477 e. The van der Waals surface area contributed by atoms with Gasteiger partial charge in [-0.2, -0.15) is 0 Å². The Bertz CT molecular complexity index is 3190. The van der Waals surface area contributed by atoms with E-state index in [1.54, 1.807) is 0 Å². The van der Waals surface area contributed by atoms with Gasteiger partial charge in [0.15, 0.2) is 50.3 Å². The lowest BCUT2D eigenvalue weighted by Gasteiger charge is -2.51. The van der Waals surface area contributed by atoms with Gasteiger partial charge in [-0.3, -0.25) is 19.2 Å². The van der Waals surface area contributed by atoms with Crippen LogP contribution in [-0.4, -0.2) is 497 Å². The Hall–Kier alpha value is -4.33. The van der Waals surface area contributed by atoms with E-state index in [1.165, 1.54) is 6.92 Å². The van der Waals surface area contributed by atoms with Crippen LogP contribution in [0.3, 0.4) is 0 Å². The molecular weight excluding hydrogens is 1600 g/mol. The first-order valence-corrected chi connectivity index (χ1v) is 37.1. The van der Waals surface area contributed by atoms with Crippen molar-refractivity contribution in [3.05, 3.63) is 0 Å². The van der Waals surface area contributed by atoms with E-state index in [1.807, 2.05) is 0 Å². The molecule has 0 aliphatic carbocycles. The number of aliphatic hydroxyl groups is 25. The van der Waals surface area contributed by atoms with Gasteiger partial charge < -0.3 is 235 Å². The number of rotatable bonds is 31. The molecule has 0 spiro atoms. The molecule has 0 bridgehead atoms. The Kier molecular flexibility index (Phi) is 34.2. The van der Waals surface area contributed by atoms with Crippen LogP contribution in [0.1, 0.15) is 41.0 Å². The fourth-order valence-corrected chi connectivity index (χ4v) is 15.0. The van der Waals surface area contributed by atoms with E-state index in [9.17, 15) is 157 Å². The Labute approximate surface area is 662 Å². The van der Waals surface area contributed by atoms with E-state index in [2.05, 4.69) is 21.3 Å². The van der Waals surface area contributed by atoms with Crippen LogP contribution < -0.4 is 21.3 Å². The highest BCUT2D eigenvalue weighted by atomic mass is 16.8. The molecular formula is C65H108N4O48. The average molecular weight is 1710 g/mol. The fourth-order valence-electron chi connectivity index (χ4n) is 15.0. The van der Waals surface area contributed by atoms with Gasteiger partial charge in [0, 0.05) is 34.1 Å². The first-order chi connectivity index (χ1) is 55.1. The van der Waals surface area contributed by atoms with Gasteiger partial charge in [0.05, 0.1) is 71.1 Å². The predicted octanol–water partition coefficient (Wildman–Crippen LogP) is -19.8. The quantitative estimate of drug-likeness (QED) is 0.0306. The van der Waals surface area contributed by atoms with Crippen molar-refractivity contribution in [3.63, 3.8) is 0 Å². The zero-order valence-corrected chi connectivity index (χ0v) is 63.0. The van der Waals surface area contributed by atoms with Gasteiger partial charge in [0.2, 0.25) is 23.6 Å². The SMILES string of the molecule is CC(=O)N[C@@H]1[C@@H](O)[C@H](O[C@H]2O[C@H](CO)[C@@H](O[C@@H]3O[C@H](CO[C@H]4O[C@H](CO)[C@@H](O)[C@H](O)[C@@H]4O)[C@@H](O)[C@H](O[C@H]4O[C@H](CO)[C@@H](O)[C@H](O)[C@@H]4O[C@@H]4O[C@H](CO)[C@@H](O[C@@H]5O[C@H](CO)[C@H](O)[C@H](O[C@]6(C(=O)O)C[C@H](O)[C@@H](NC(C)=O)[C@H]([C@H](O)[C@H](O)CO)O6)[C@H]5O)[C@H](O)[C@H]4NC(C)=O)[C@@H]3O)[C@H](O)[C@H]2NC(C)=O)[C@@H](CO[C@@H]2O[C@H](C)[C@H](O)[C@H](O)[C@H]2O)O[C@@H]1O. The summed E-state index contributed by atoms with van der Waals surface area (Å²) in [5.74, 6) is -9.15. The van der Waals surface area contributed by atoms with Crippen molar-refractivity contribution in [3.8, 4) is 0 Å². The summed E-state index contributed by atoms with van der Waals surface area (Å²) in [6, 6.07) is -7.54. The van der Waals surface area contributed by atoms with Crippen LogP contribution in [-0.2, 0) is 104 Å². The molecule has 0 aromatic rings. The van der Waals surface area contributed by atoms with Gasteiger partial charge >= 0.3 is 5.97 Å². The van der Waals surface area contributed by atoms with Crippen LogP contribution in [0.4, 0.5) is 0 Å². The van der Waals surface area contributed by atoms with Crippen LogP contribution in [0.15, 0.2) is 0 Å². The van der Waals surface area contributed by atoms with Crippen LogP contribution >= 0.6 is 0 Å². The van der Waals surface area contributed by atoms with E-state index in [4.69, 9.17) is 80.5 Å². The molecule has 676 valence electrons. The van der Waals surface area contributed by atoms with Gasteiger partial charge in [-0.25, -0.2) is 4.79 Å². The van der Waals surface area contributed by atoms with E-state index >= 15 is 0 Å². The third-order valence-electron chi connectivity index (χ3n) is 21.3. The lowest BCUT2D eigenvalue weighted by atomic mass is 9.88. The average Bonchev–Trinajstić information content (AvgIpc) is 0.756. The zero-order chi connectivity index (χ0) is 86.6. The first-order valence-electron chi connectivity index (χ1n) is 37.1. The maximum atomic E-state index is 13.2. The molecule has 0 aromatic carbocycles. The third-order valence-corrected chi connectivity index (χ3v) is 21.3. The number of hydrogen-bond donors (Lipinski definition) is 30.